The second-order valence-corrected chi connectivity index (χ2v) is 7.96. The number of thiol groups is 1. The minimum absolute atomic E-state index is 0.107. The molecule has 136 valence electrons. The van der Waals surface area contributed by atoms with Gasteiger partial charge in [0.1, 0.15) is 6.04 Å². The van der Waals surface area contributed by atoms with E-state index in [1.54, 1.807) is 13.8 Å². The Morgan fingerprint density at radius 1 is 1.28 bits per heavy atom. The number of aliphatic carboxylic acids is 1. The molecule has 1 aromatic carbocycles. The predicted molar refractivity (Wildman–Crippen MR) is 86.2 cm³/mol. The van der Waals surface area contributed by atoms with E-state index in [4.69, 9.17) is 0 Å². The fraction of sp³-hybridized carbons (Fsp3) is 0.500. The van der Waals surface area contributed by atoms with Crippen molar-refractivity contribution in [3.8, 4) is 11.5 Å². The lowest BCUT2D eigenvalue weighted by molar-refractivity contribution is -0.286. The number of alkyl halides is 2. The van der Waals surface area contributed by atoms with Crippen molar-refractivity contribution in [2.45, 2.75) is 49.2 Å². The summed E-state index contributed by atoms with van der Waals surface area (Å²) in [5.74, 6) is -1.93. The maximum absolute atomic E-state index is 13.1. The smallest absolute Gasteiger partial charge is 0.480 e. The maximum atomic E-state index is 13.1. The molecule has 1 aromatic rings. The highest BCUT2D eigenvalue weighted by Crippen LogP contribution is 2.52. The topological polar surface area (TPSA) is 84.9 Å². The van der Waals surface area contributed by atoms with Gasteiger partial charge in [-0.25, -0.2) is 4.79 Å². The fourth-order valence-electron chi connectivity index (χ4n) is 2.83. The van der Waals surface area contributed by atoms with E-state index in [0.717, 1.165) is 0 Å². The molecule has 1 aliphatic carbocycles. The average Bonchev–Trinajstić information content (AvgIpc) is 3.20. The average molecular weight is 373 g/mol. The summed E-state index contributed by atoms with van der Waals surface area (Å²) >= 11 is 4.22. The summed E-state index contributed by atoms with van der Waals surface area (Å²) in [4.78, 5) is 24.1. The Bertz CT molecular complexity index is 743. The predicted octanol–water partition coefficient (Wildman–Crippen LogP) is 2.32. The zero-order chi connectivity index (χ0) is 18.6. The summed E-state index contributed by atoms with van der Waals surface area (Å²) in [6.45, 7) is 3.16. The number of ether oxygens (including phenoxy) is 2. The third-order valence-corrected chi connectivity index (χ3v) is 4.63. The van der Waals surface area contributed by atoms with Crippen molar-refractivity contribution < 1.29 is 33.0 Å². The van der Waals surface area contributed by atoms with Crippen molar-refractivity contribution in [2.24, 2.45) is 0 Å². The second kappa shape index (κ2) is 5.48. The largest absolute Gasteiger partial charge is 0.586 e. The lowest BCUT2D eigenvalue weighted by Crippen LogP contribution is -2.54. The van der Waals surface area contributed by atoms with Crippen LogP contribution in [-0.2, 0) is 15.0 Å². The minimum atomic E-state index is -3.73. The first-order valence-electron chi connectivity index (χ1n) is 7.61. The molecular weight excluding hydrogens is 356 g/mol. The third-order valence-electron chi connectivity index (χ3n) is 4.37. The summed E-state index contributed by atoms with van der Waals surface area (Å²) in [5, 5.41) is 11.8. The maximum Gasteiger partial charge on any atom is 0.586 e. The van der Waals surface area contributed by atoms with Crippen molar-refractivity contribution in [3.05, 3.63) is 23.8 Å². The van der Waals surface area contributed by atoms with Gasteiger partial charge < -0.3 is 19.9 Å². The van der Waals surface area contributed by atoms with Gasteiger partial charge in [0.15, 0.2) is 11.5 Å². The zero-order valence-electron chi connectivity index (χ0n) is 13.5. The number of hydrogen-bond acceptors (Lipinski definition) is 5. The van der Waals surface area contributed by atoms with Crippen LogP contribution in [-0.4, -0.2) is 34.1 Å². The Labute approximate surface area is 147 Å². The number of nitrogens with one attached hydrogen (secondary N) is 1. The van der Waals surface area contributed by atoms with Crippen molar-refractivity contribution >= 4 is 24.5 Å². The van der Waals surface area contributed by atoms with Gasteiger partial charge in [-0.05, 0) is 44.4 Å². The molecule has 1 amide bonds. The Morgan fingerprint density at radius 2 is 1.88 bits per heavy atom. The molecular formula is C16H17F2NO5S. The van der Waals surface area contributed by atoms with Gasteiger partial charge in [0.2, 0.25) is 5.91 Å². The van der Waals surface area contributed by atoms with Crippen LogP contribution in [0.15, 0.2) is 18.2 Å². The number of carbonyl (C=O) groups is 2. The molecule has 0 aromatic heterocycles. The molecule has 0 bridgehead atoms. The molecule has 1 saturated carbocycles. The van der Waals surface area contributed by atoms with E-state index >= 15 is 0 Å². The molecule has 3 rings (SSSR count). The van der Waals surface area contributed by atoms with Crippen molar-refractivity contribution in [1.82, 2.24) is 5.32 Å². The van der Waals surface area contributed by atoms with Gasteiger partial charge in [0.25, 0.3) is 0 Å². The van der Waals surface area contributed by atoms with E-state index in [2.05, 4.69) is 27.4 Å². The standard InChI is InChI=1S/C16H17F2NO5S/c1-14(2,25)11(12(20)21)19-13(22)15(5-6-15)8-3-4-9-10(7-8)24-16(17,18)23-9/h3-4,7,11,25H,5-6H2,1-2H3,(H,19,22)(H,20,21). The third kappa shape index (κ3) is 3.24. The number of rotatable bonds is 5. The van der Waals surface area contributed by atoms with Crippen LogP contribution in [0.25, 0.3) is 0 Å². The van der Waals surface area contributed by atoms with Gasteiger partial charge in [-0.1, -0.05) is 6.07 Å². The number of carboxylic acid groups (broad SMARTS) is 1. The van der Waals surface area contributed by atoms with E-state index in [-0.39, 0.29) is 11.5 Å². The second-order valence-electron chi connectivity index (χ2n) is 6.81. The van der Waals surface area contributed by atoms with Gasteiger partial charge in [-0.15, -0.1) is 8.78 Å². The van der Waals surface area contributed by atoms with Gasteiger partial charge in [-0.3, -0.25) is 4.79 Å². The molecule has 1 atom stereocenters. The summed E-state index contributed by atoms with van der Waals surface area (Å²) in [5.41, 5.74) is -0.477. The molecule has 1 heterocycles. The molecule has 0 saturated heterocycles. The molecule has 2 N–H and O–H groups in total. The number of amides is 1. The number of hydrogen-bond donors (Lipinski definition) is 3. The van der Waals surface area contributed by atoms with Crippen LogP contribution in [0.2, 0.25) is 0 Å². The lowest BCUT2D eigenvalue weighted by atomic mass is 9.93. The van der Waals surface area contributed by atoms with E-state index in [9.17, 15) is 23.5 Å². The van der Waals surface area contributed by atoms with E-state index in [1.165, 1.54) is 18.2 Å². The summed E-state index contributed by atoms with van der Waals surface area (Å²) < 4.78 is 34.0. The highest BCUT2D eigenvalue weighted by Gasteiger charge is 2.54. The summed E-state index contributed by atoms with van der Waals surface area (Å²) in [7, 11) is 0. The molecule has 1 aliphatic heterocycles. The number of fused-ring (bicyclic) bond motifs is 1. The van der Waals surface area contributed by atoms with E-state index in [0.29, 0.717) is 18.4 Å². The summed E-state index contributed by atoms with van der Waals surface area (Å²) in [6, 6.07) is 2.97. The van der Waals surface area contributed by atoms with Crippen LogP contribution in [0, 0.1) is 0 Å². The number of carboxylic acids is 1. The number of halogens is 2. The Morgan fingerprint density at radius 3 is 2.40 bits per heavy atom. The van der Waals surface area contributed by atoms with Crippen LogP contribution in [0.1, 0.15) is 32.3 Å². The quantitative estimate of drug-likeness (QED) is 0.690. The highest BCUT2D eigenvalue weighted by atomic mass is 32.1. The van der Waals surface area contributed by atoms with Crippen LogP contribution in [0.4, 0.5) is 8.78 Å². The first kappa shape index (κ1) is 17.8. The van der Waals surface area contributed by atoms with Crippen molar-refractivity contribution in [1.29, 1.82) is 0 Å². The first-order chi connectivity index (χ1) is 11.4. The molecule has 1 unspecified atom stereocenters. The van der Waals surface area contributed by atoms with Gasteiger partial charge >= 0.3 is 12.3 Å². The molecule has 25 heavy (non-hydrogen) atoms. The van der Waals surface area contributed by atoms with E-state index < -0.39 is 34.4 Å². The number of carbonyl (C=O) groups excluding carboxylic acids is 1. The first-order valence-corrected chi connectivity index (χ1v) is 8.06. The summed E-state index contributed by atoms with van der Waals surface area (Å²) in [6.07, 6.45) is -2.77. The molecule has 1 fully saturated rings. The molecule has 9 heteroatoms. The monoisotopic (exact) mass is 373 g/mol. The molecule has 0 spiro atoms. The minimum Gasteiger partial charge on any atom is -0.480 e. The Hall–Kier alpha value is -2.03. The zero-order valence-corrected chi connectivity index (χ0v) is 14.4. The molecule has 0 radical (unpaired) electrons. The number of benzene rings is 1. The SMILES string of the molecule is CC(C)(S)C(NC(=O)C1(c2ccc3c(c2)OC(F)(F)O3)CC1)C(=O)O. The van der Waals surface area contributed by atoms with Gasteiger partial charge in [0, 0.05) is 4.75 Å². The lowest BCUT2D eigenvalue weighted by Gasteiger charge is -2.28. The van der Waals surface area contributed by atoms with Crippen LogP contribution in [0.3, 0.4) is 0 Å². The van der Waals surface area contributed by atoms with Crippen LogP contribution >= 0.6 is 12.6 Å². The van der Waals surface area contributed by atoms with E-state index in [1.807, 2.05) is 0 Å². The fourth-order valence-corrected chi connectivity index (χ4v) is 3.00. The van der Waals surface area contributed by atoms with Crippen LogP contribution in [0.5, 0.6) is 11.5 Å². The Kier molecular flexibility index (Phi) is 3.90. The van der Waals surface area contributed by atoms with Crippen LogP contribution < -0.4 is 14.8 Å². The van der Waals surface area contributed by atoms with Gasteiger partial charge in [0.05, 0.1) is 5.41 Å². The van der Waals surface area contributed by atoms with Gasteiger partial charge in [-0.2, -0.15) is 12.6 Å². The Balaban J connectivity index is 1.84. The normalized spacial score (nSPS) is 20.7. The van der Waals surface area contributed by atoms with Crippen molar-refractivity contribution in [2.75, 3.05) is 0 Å². The molecule has 2 aliphatic rings. The molecule has 6 nitrogen and oxygen atoms in total. The van der Waals surface area contributed by atoms with Crippen molar-refractivity contribution in [3.63, 3.8) is 0 Å². The highest BCUT2D eigenvalue weighted by molar-refractivity contribution is 7.81.